The van der Waals surface area contributed by atoms with E-state index in [9.17, 15) is 0 Å². The summed E-state index contributed by atoms with van der Waals surface area (Å²) in [5, 5.41) is 1.19. The molecular weight excluding hydrogens is 244 g/mol. The molecule has 0 unspecified atom stereocenters. The van der Waals surface area contributed by atoms with Gasteiger partial charge < -0.3 is 10.3 Å². The van der Waals surface area contributed by atoms with Gasteiger partial charge in [0.25, 0.3) is 0 Å². The molecule has 0 amide bonds. The lowest BCUT2D eigenvalue weighted by molar-refractivity contribution is 0.549. The van der Waals surface area contributed by atoms with Gasteiger partial charge in [0.05, 0.1) is 5.52 Å². The third-order valence-electron chi connectivity index (χ3n) is 4.10. The number of nitrogens with zero attached hydrogens (tertiary/aromatic N) is 1. The first-order valence-electron chi connectivity index (χ1n) is 8.16. The molecule has 1 aromatic heterocycles. The van der Waals surface area contributed by atoms with Crippen molar-refractivity contribution in [3.8, 4) is 0 Å². The van der Waals surface area contributed by atoms with Crippen molar-refractivity contribution < 1.29 is 0 Å². The zero-order chi connectivity index (χ0) is 14.2. The molecule has 2 nitrogen and oxygen atoms in total. The molecule has 1 aromatic carbocycles. The summed E-state index contributed by atoms with van der Waals surface area (Å²) in [6.07, 6.45) is 13.1. The van der Waals surface area contributed by atoms with Gasteiger partial charge in [0.15, 0.2) is 0 Å². The Morgan fingerprint density at radius 3 is 2.35 bits per heavy atom. The summed E-state index contributed by atoms with van der Waals surface area (Å²) in [6, 6.07) is 8.32. The number of aryl methyl sites for hydroxylation is 1. The van der Waals surface area contributed by atoms with Gasteiger partial charge in [0, 0.05) is 23.8 Å². The molecule has 0 radical (unpaired) electrons. The van der Waals surface area contributed by atoms with Crippen molar-refractivity contribution in [2.75, 3.05) is 5.73 Å². The second kappa shape index (κ2) is 7.98. The van der Waals surface area contributed by atoms with Gasteiger partial charge in [0.2, 0.25) is 0 Å². The van der Waals surface area contributed by atoms with E-state index in [0.717, 1.165) is 12.2 Å². The number of hydrogen-bond acceptors (Lipinski definition) is 1. The number of benzene rings is 1. The third kappa shape index (κ3) is 4.03. The monoisotopic (exact) mass is 272 g/mol. The Hall–Kier alpha value is -1.44. The standard InChI is InChI=1S/C18H28N2/c1-2-3-4-5-6-7-8-9-14-20-15-13-16-17(19)11-10-12-18(16)20/h10-13,15H,2-9,14,19H2,1H3. The first kappa shape index (κ1) is 15.0. The zero-order valence-corrected chi connectivity index (χ0v) is 12.8. The summed E-state index contributed by atoms with van der Waals surface area (Å²) >= 11 is 0. The van der Waals surface area contributed by atoms with Crippen LogP contribution in [0, 0.1) is 0 Å². The van der Waals surface area contributed by atoms with Gasteiger partial charge in [-0.25, -0.2) is 0 Å². The maximum atomic E-state index is 5.99. The highest BCUT2D eigenvalue weighted by Crippen LogP contribution is 2.22. The van der Waals surface area contributed by atoms with Crippen LogP contribution < -0.4 is 5.73 Å². The third-order valence-corrected chi connectivity index (χ3v) is 4.10. The number of fused-ring (bicyclic) bond motifs is 1. The molecule has 2 rings (SSSR count). The van der Waals surface area contributed by atoms with Crippen LogP contribution in [0.1, 0.15) is 58.3 Å². The first-order valence-corrected chi connectivity index (χ1v) is 8.16. The zero-order valence-electron chi connectivity index (χ0n) is 12.8. The number of unbranched alkanes of at least 4 members (excludes halogenated alkanes) is 7. The molecule has 2 N–H and O–H groups in total. The normalized spacial score (nSPS) is 11.2. The van der Waals surface area contributed by atoms with Crippen LogP contribution in [0.15, 0.2) is 30.5 Å². The molecule has 110 valence electrons. The summed E-state index contributed by atoms with van der Waals surface area (Å²) in [7, 11) is 0. The Morgan fingerprint density at radius 2 is 1.60 bits per heavy atom. The van der Waals surface area contributed by atoms with E-state index in [1.807, 2.05) is 12.1 Å². The van der Waals surface area contributed by atoms with Crippen LogP contribution in [0.4, 0.5) is 5.69 Å². The van der Waals surface area contributed by atoms with Gasteiger partial charge in [-0.15, -0.1) is 0 Å². The van der Waals surface area contributed by atoms with E-state index >= 15 is 0 Å². The summed E-state index contributed by atoms with van der Waals surface area (Å²) in [5.74, 6) is 0. The summed E-state index contributed by atoms with van der Waals surface area (Å²) in [4.78, 5) is 0. The lowest BCUT2D eigenvalue weighted by atomic mass is 10.1. The van der Waals surface area contributed by atoms with Crippen molar-refractivity contribution in [2.24, 2.45) is 0 Å². The average Bonchev–Trinajstić information content (AvgIpc) is 2.87. The number of nitrogens with two attached hydrogens (primary N) is 1. The molecule has 2 heteroatoms. The van der Waals surface area contributed by atoms with Crippen LogP contribution in [-0.2, 0) is 6.54 Å². The number of rotatable bonds is 9. The molecule has 0 saturated heterocycles. The summed E-state index contributed by atoms with van der Waals surface area (Å²) in [5.41, 5.74) is 8.15. The van der Waals surface area contributed by atoms with Crippen molar-refractivity contribution in [1.82, 2.24) is 4.57 Å². The van der Waals surface area contributed by atoms with Crippen LogP contribution >= 0.6 is 0 Å². The van der Waals surface area contributed by atoms with Gasteiger partial charge in [-0.3, -0.25) is 0 Å². The van der Waals surface area contributed by atoms with Gasteiger partial charge in [0.1, 0.15) is 0 Å². The van der Waals surface area contributed by atoms with E-state index in [1.165, 1.54) is 62.3 Å². The largest absolute Gasteiger partial charge is 0.398 e. The number of aromatic nitrogens is 1. The van der Waals surface area contributed by atoms with E-state index in [-0.39, 0.29) is 0 Å². The SMILES string of the molecule is CCCCCCCCCCn1ccc2c(N)cccc21. The number of hydrogen-bond donors (Lipinski definition) is 1. The van der Waals surface area contributed by atoms with Crippen LogP contribution in [0.2, 0.25) is 0 Å². The van der Waals surface area contributed by atoms with E-state index < -0.39 is 0 Å². The minimum absolute atomic E-state index is 0.886. The fourth-order valence-corrected chi connectivity index (χ4v) is 2.86. The fourth-order valence-electron chi connectivity index (χ4n) is 2.86. The van der Waals surface area contributed by atoms with Crippen molar-refractivity contribution in [3.05, 3.63) is 30.5 Å². The topological polar surface area (TPSA) is 30.9 Å². The Bertz CT molecular complexity index is 513. The highest BCUT2D eigenvalue weighted by Gasteiger charge is 2.02. The van der Waals surface area contributed by atoms with Gasteiger partial charge in [-0.1, -0.05) is 57.9 Å². The lowest BCUT2D eigenvalue weighted by Crippen LogP contribution is -1.96. The average molecular weight is 272 g/mol. The van der Waals surface area contributed by atoms with E-state index in [2.05, 4.69) is 29.8 Å². The van der Waals surface area contributed by atoms with Crippen molar-refractivity contribution in [3.63, 3.8) is 0 Å². The molecule has 0 saturated carbocycles. The predicted molar refractivity (Wildman–Crippen MR) is 89.0 cm³/mol. The van der Waals surface area contributed by atoms with Gasteiger partial charge in [-0.05, 0) is 24.6 Å². The molecule has 0 spiro atoms. The second-order valence-corrected chi connectivity index (χ2v) is 5.76. The molecule has 20 heavy (non-hydrogen) atoms. The highest BCUT2D eigenvalue weighted by molar-refractivity contribution is 5.91. The summed E-state index contributed by atoms with van der Waals surface area (Å²) in [6.45, 7) is 3.38. The fraction of sp³-hybridized carbons (Fsp3) is 0.556. The van der Waals surface area contributed by atoms with Crippen LogP contribution in [0.5, 0.6) is 0 Å². The molecule has 0 bridgehead atoms. The van der Waals surface area contributed by atoms with Crippen LogP contribution in [0.3, 0.4) is 0 Å². The summed E-state index contributed by atoms with van der Waals surface area (Å²) < 4.78 is 2.34. The number of anilines is 1. The minimum atomic E-state index is 0.886. The van der Waals surface area contributed by atoms with Crippen molar-refractivity contribution in [1.29, 1.82) is 0 Å². The molecule has 0 aliphatic rings. The van der Waals surface area contributed by atoms with E-state index in [4.69, 9.17) is 5.73 Å². The second-order valence-electron chi connectivity index (χ2n) is 5.76. The Kier molecular flexibility index (Phi) is 5.97. The maximum absolute atomic E-state index is 5.99. The van der Waals surface area contributed by atoms with Crippen LogP contribution in [0.25, 0.3) is 10.9 Å². The maximum Gasteiger partial charge on any atom is 0.0501 e. The lowest BCUT2D eigenvalue weighted by Gasteiger charge is -2.06. The first-order chi connectivity index (χ1) is 9.83. The molecule has 1 heterocycles. The van der Waals surface area contributed by atoms with Gasteiger partial charge >= 0.3 is 0 Å². The predicted octanol–water partition coefficient (Wildman–Crippen LogP) is 5.36. The Labute approximate surface area is 123 Å². The van der Waals surface area contributed by atoms with Crippen molar-refractivity contribution >= 4 is 16.6 Å². The van der Waals surface area contributed by atoms with E-state index in [1.54, 1.807) is 0 Å². The number of nitrogen functional groups attached to an aromatic ring is 1. The minimum Gasteiger partial charge on any atom is -0.398 e. The molecule has 0 atom stereocenters. The highest BCUT2D eigenvalue weighted by atomic mass is 14.9. The van der Waals surface area contributed by atoms with Crippen LogP contribution in [-0.4, -0.2) is 4.57 Å². The smallest absolute Gasteiger partial charge is 0.0501 e. The molecule has 2 aromatic rings. The Morgan fingerprint density at radius 1 is 0.900 bits per heavy atom. The molecule has 0 fully saturated rings. The van der Waals surface area contributed by atoms with Crippen molar-refractivity contribution in [2.45, 2.75) is 64.8 Å². The molecule has 0 aliphatic heterocycles. The Balaban J connectivity index is 1.70. The quantitative estimate of drug-likeness (QED) is 0.483. The molecular formula is C18H28N2. The van der Waals surface area contributed by atoms with Gasteiger partial charge in [-0.2, -0.15) is 0 Å². The van der Waals surface area contributed by atoms with E-state index in [0.29, 0.717) is 0 Å². The molecule has 0 aliphatic carbocycles.